The van der Waals surface area contributed by atoms with Crippen LogP contribution < -0.4 is 4.74 Å². The lowest BCUT2D eigenvalue weighted by Crippen LogP contribution is -2.39. The lowest BCUT2D eigenvalue weighted by Gasteiger charge is -2.32. The van der Waals surface area contributed by atoms with Gasteiger partial charge in [0.2, 0.25) is 0 Å². The zero-order valence-electron chi connectivity index (χ0n) is 14.1. The minimum absolute atomic E-state index is 0.316. The fraction of sp³-hybridized carbons (Fsp3) is 0.421. The summed E-state index contributed by atoms with van der Waals surface area (Å²) in [6.45, 7) is 4.21. The molecule has 0 radical (unpaired) electrons. The Kier molecular flexibility index (Phi) is 4.26. The molecule has 0 atom stereocenters. The van der Waals surface area contributed by atoms with Crippen molar-refractivity contribution in [1.82, 2.24) is 19.2 Å². The maximum atomic E-state index is 6.32. The second-order valence-corrected chi connectivity index (χ2v) is 6.54. The van der Waals surface area contributed by atoms with E-state index in [9.17, 15) is 0 Å². The standard InChI is InChI=1S/C19H24N4O/c1-21-11-8-17-18(21)4-2-5-19(17)24-16-6-12-22(13-7-16)14-15-23-10-3-9-20-23/h2-5,8-11,16H,6-7,12-15H2,1H3. The third kappa shape index (κ3) is 3.17. The monoisotopic (exact) mass is 324 g/mol. The first kappa shape index (κ1) is 15.3. The molecule has 0 unspecified atom stereocenters. The molecule has 1 aliphatic heterocycles. The molecule has 1 aromatic carbocycles. The van der Waals surface area contributed by atoms with Crippen LogP contribution >= 0.6 is 0 Å². The number of nitrogens with zero attached hydrogens (tertiary/aromatic N) is 4. The van der Waals surface area contributed by atoms with Gasteiger partial charge in [-0.15, -0.1) is 0 Å². The normalized spacial score (nSPS) is 16.7. The average molecular weight is 324 g/mol. The third-order valence-corrected chi connectivity index (χ3v) is 4.92. The molecule has 5 nitrogen and oxygen atoms in total. The van der Waals surface area contributed by atoms with Gasteiger partial charge in [0.1, 0.15) is 11.9 Å². The maximum Gasteiger partial charge on any atom is 0.129 e. The molecule has 1 saturated heterocycles. The number of aromatic nitrogens is 3. The van der Waals surface area contributed by atoms with E-state index < -0.39 is 0 Å². The molecular formula is C19H24N4O. The Bertz CT molecular complexity index is 785. The number of benzene rings is 1. The molecule has 0 aliphatic carbocycles. The summed E-state index contributed by atoms with van der Waals surface area (Å²) >= 11 is 0. The lowest BCUT2D eigenvalue weighted by atomic mass is 10.1. The number of hydrogen-bond donors (Lipinski definition) is 0. The van der Waals surface area contributed by atoms with Crippen LogP contribution in [0.25, 0.3) is 10.9 Å². The van der Waals surface area contributed by atoms with Crippen molar-refractivity contribution < 1.29 is 4.74 Å². The fourth-order valence-corrected chi connectivity index (χ4v) is 3.48. The molecule has 0 amide bonds. The van der Waals surface area contributed by atoms with E-state index in [0.29, 0.717) is 6.10 Å². The number of hydrogen-bond acceptors (Lipinski definition) is 3. The molecular weight excluding hydrogens is 300 g/mol. The number of aryl methyl sites for hydroxylation is 1. The summed E-state index contributed by atoms with van der Waals surface area (Å²) in [6, 6.07) is 10.4. The fourth-order valence-electron chi connectivity index (χ4n) is 3.48. The van der Waals surface area contributed by atoms with Crippen LogP contribution in [0, 0.1) is 0 Å². The number of rotatable bonds is 5. The highest BCUT2D eigenvalue weighted by Crippen LogP contribution is 2.28. The molecule has 1 fully saturated rings. The van der Waals surface area contributed by atoms with Crippen molar-refractivity contribution in [3.63, 3.8) is 0 Å². The topological polar surface area (TPSA) is 35.2 Å². The highest BCUT2D eigenvalue weighted by atomic mass is 16.5. The lowest BCUT2D eigenvalue weighted by molar-refractivity contribution is 0.0992. The third-order valence-electron chi connectivity index (χ3n) is 4.92. The SMILES string of the molecule is Cn1ccc2c(OC3CCN(CCn4cccn4)CC3)cccc21. The van der Waals surface area contributed by atoms with Gasteiger partial charge in [0.15, 0.2) is 0 Å². The van der Waals surface area contributed by atoms with Gasteiger partial charge in [-0.25, -0.2) is 0 Å². The van der Waals surface area contributed by atoms with Gasteiger partial charge < -0.3 is 14.2 Å². The van der Waals surface area contributed by atoms with E-state index in [4.69, 9.17) is 4.74 Å². The van der Waals surface area contributed by atoms with Gasteiger partial charge in [-0.2, -0.15) is 5.10 Å². The minimum Gasteiger partial charge on any atom is -0.490 e. The molecule has 0 spiro atoms. The summed E-state index contributed by atoms with van der Waals surface area (Å²) in [5, 5.41) is 5.48. The van der Waals surface area contributed by atoms with Crippen molar-refractivity contribution in [2.45, 2.75) is 25.5 Å². The summed E-state index contributed by atoms with van der Waals surface area (Å²) in [5.74, 6) is 1.02. The molecule has 5 heteroatoms. The van der Waals surface area contributed by atoms with Gasteiger partial charge in [-0.3, -0.25) is 4.68 Å². The van der Waals surface area contributed by atoms with E-state index in [2.05, 4.69) is 52.1 Å². The molecule has 126 valence electrons. The molecule has 0 bridgehead atoms. The minimum atomic E-state index is 0.316. The van der Waals surface area contributed by atoms with Crippen LogP contribution in [0.5, 0.6) is 5.75 Å². The van der Waals surface area contributed by atoms with Crippen LogP contribution in [0.15, 0.2) is 48.9 Å². The van der Waals surface area contributed by atoms with Gasteiger partial charge in [0.05, 0.1) is 12.1 Å². The van der Waals surface area contributed by atoms with Crippen LogP contribution in [0.3, 0.4) is 0 Å². The molecule has 4 rings (SSSR count). The quantitative estimate of drug-likeness (QED) is 0.724. The Balaban J connectivity index is 1.32. The first-order valence-corrected chi connectivity index (χ1v) is 8.70. The van der Waals surface area contributed by atoms with Gasteiger partial charge in [0.25, 0.3) is 0 Å². The molecule has 3 heterocycles. The predicted octanol–water partition coefficient (Wildman–Crippen LogP) is 2.92. The van der Waals surface area contributed by atoms with E-state index >= 15 is 0 Å². The second-order valence-electron chi connectivity index (χ2n) is 6.54. The van der Waals surface area contributed by atoms with Gasteiger partial charge in [-0.05, 0) is 37.1 Å². The number of ether oxygens (including phenoxy) is 1. The predicted molar refractivity (Wildman–Crippen MR) is 95.2 cm³/mol. The van der Waals surface area contributed by atoms with Crippen molar-refractivity contribution in [3.05, 3.63) is 48.9 Å². The van der Waals surface area contributed by atoms with Crippen molar-refractivity contribution in [1.29, 1.82) is 0 Å². The summed E-state index contributed by atoms with van der Waals surface area (Å²) in [7, 11) is 2.07. The molecule has 1 aliphatic rings. The summed E-state index contributed by atoms with van der Waals surface area (Å²) in [6.07, 6.45) is 8.44. The highest BCUT2D eigenvalue weighted by molar-refractivity contribution is 5.86. The average Bonchev–Trinajstić information content (AvgIpc) is 3.25. The summed E-state index contributed by atoms with van der Waals surface area (Å²) in [5.41, 5.74) is 1.23. The smallest absolute Gasteiger partial charge is 0.129 e. The Morgan fingerprint density at radius 2 is 1.96 bits per heavy atom. The van der Waals surface area contributed by atoms with Crippen molar-refractivity contribution in [3.8, 4) is 5.75 Å². The zero-order valence-corrected chi connectivity index (χ0v) is 14.1. The van der Waals surface area contributed by atoms with E-state index in [1.165, 1.54) is 10.9 Å². The van der Waals surface area contributed by atoms with Crippen molar-refractivity contribution in [2.75, 3.05) is 19.6 Å². The van der Waals surface area contributed by atoms with Crippen LogP contribution in [0.2, 0.25) is 0 Å². The molecule has 2 aromatic heterocycles. The van der Waals surface area contributed by atoms with Gasteiger partial charge >= 0.3 is 0 Å². The van der Waals surface area contributed by atoms with Crippen LogP contribution in [0.1, 0.15) is 12.8 Å². The zero-order chi connectivity index (χ0) is 16.4. The van der Waals surface area contributed by atoms with Crippen molar-refractivity contribution in [2.24, 2.45) is 7.05 Å². The highest BCUT2D eigenvalue weighted by Gasteiger charge is 2.21. The first-order chi connectivity index (χ1) is 11.8. The van der Waals surface area contributed by atoms with E-state index in [1.807, 2.05) is 23.1 Å². The van der Waals surface area contributed by atoms with Crippen LogP contribution in [-0.2, 0) is 13.6 Å². The molecule has 0 N–H and O–H groups in total. The Hall–Kier alpha value is -2.27. The van der Waals surface area contributed by atoms with Crippen molar-refractivity contribution >= 4 is 10.9 Å². The molecule has 0 saturated carbocycles. The largest absolute Gasteiger partial charge is 0.490 e. The molecule has 3 aromatic rings. The van der Waals surface area contributed by atoms with Gasteiger partial charge in [0, 0.05) is 50.7 Å². The Morgan fingerprint density at radius 1 is 1.08 bits per heavy atom. The number of piperidine rings is 1. The molecule has 24 heavy (non-hydrogen) atoms. The van der Waals surface area contributed by atoms with Gasteiger partial charge in [-0.1, -0.05) is 6.07 Å². The first-order valence-electron chi connectivity index (χ1n) is 8.70. The Labute approximate surface area is 142 Å². The van der Waals surface area contributed by atoms with E-state index in [0.717, 1.165) is 44.8 Å². The second kappa shape index (κ2) is 6.69. The maximum absolute atomic E-state index is 6.32. The summed E-state index contributed by atoms with van der Waals surface area (Å²) in [4.78, 5) is 2.50. The van der Waals surface area contributed by atoms with Crippen LogP contribution in [-0.4, -0.2) is 45.0 Å². The summed E-state index contributed by atoms with van der Waals surface area (Å²) < 4.78 is 10.5. The number of fused-ring (bicyclic) bond motifs is 1. The van der Waals surface area contributed by atoms with E-state index in [1.54, 1.807) is 0 Å². The number of likely N-dealkylation sites (tertiary alicyclic amines) is 1. The van der Waals surface area contributed by atoms with E-state index in [-0.39, 0.29) is 0 Å². The van der Waals surface area contributed by atoms with Crippen LogP contribution in [0.4, 0.5) is 0 Å². The Morgan fingerprint density at radius 3 is 2.75 bits per heavy atom.